The fraction of sp³-hybridized carbons (Fsp3) is 0.429. The van der Waals surface area contributed by atoms with Crippen molar-refractivity contribution >= 4 is 11.7 Å². The number of nitrogens with one attached hydrogen (secondary N) is 1. The molecule has 1 aliphatic heterocycles. The van der Waals surface area contributed by atoms with Crippen LogP contribution in [-0.4, -0.2) is 36.8 Å². The zero-order chi connectivity index (χ0) is 13.8. The maximum atomic E-state index is 11.2. The molecule has 1 aromatic rings. The molecule has 0 aromatic heterocycles. The quantitative estimate of drug-likeness (QED) is 0.830. The van der Waals surface area contributed by atoms with Crippen molar-refractivity contribution in [3.63, 3.8) is 0 Å². The molecule has 2 atom stereocenters. The van der Waals surface area contributed by atoms with Gasteiger partial charge in [-0.2, -0.15) is 5.26 Å². The van der Waals surface area contributed by atoms with Crippen LogP contribution in [0.25, 0.3) is 0 Å². The molecule has 1 aromatic carbocycles. The lowest BCUT2D eigenvalue weighted by molar-refractivity contribution is -0.141. The normalized spacial score (nSPS) is 23.5. The Hall–Kier alpha value is -2.06. The third kappa shape index (κ3) is 3.24. The number of hydrogen-bond acceptors (Lipinski definition) is 4. The first-order valence-electron chi connectivity index (χ1n) is 6.31. The third-order valence-corrected chi connectivity index (χ3v) is 3.34. The summed E-state index contributed by atoms with van der Waals surface area (Å²) in [5.41, 5.74) is 1.50. The van der Waals surface area contributed by atoms with E-state index in [2.05, 4.69) is 11.4 Å². The number of anilines is 1. The van der Waals surface area contributed by atoms with Crippen molar-refractivity contribution in [2.75, 3.05) is 24.5 Å². The molecule has 0 spiro atoms. The van der Waals surface area contributed by atoms with Gasteiger partial charge in [-0.1, -0.05) is 6.07 Å². The summed E-state index contributed by atoms with van der Waals surface area (Å²) < 4.78 is 0. The van der Waals surface area contributed by atoms with E-state index in [1.807, 2.05) is 24.0 Å². The van der Waals surface area contributed by atoms with Crippen molar-refractivity contribution in [3.8, 4) is 6.07 Å². The first-order chi connectivity index (χ1) is 9.10. The molecule has 0 saturated carbocycles. The average molecular weight is 259 g/mol. The fourth-order valence-electron chi connectivity index (χ4n) is 2.29. The van der Waals surface area contributed by atoms with E-state index in [4.69, 9.17) is 5.26 Å². The molecule has 5 heteroatoms. The maximum absolute atomic E-state index is 11.2. The van der Waals surface area contributed by atoms with Crippen LogP contribution in [0.1, 0.15) is 12.5 Å². The van der Waals surface area contributed by atoms with Crippen LogP contribution in [0.15, 0.2) is 24.3 Å². The van der Waals surface area contributed by atoms with E-state index in [0.29, 0.717) is 18.7 Å². The molecule has 0 amide bonds. The average Bonchev–Trinajstić information content (AvgIpc) is 2.61. The van der Waals surface area contributed by atoms with Crippen molar-refractivity contribution < 1.29 is 9.90 Å². The first kappa shape index (κ1) is 13.4. The van der Waals surface area contributed by atoms with Gasteiger partial charge in [-0.15, -0.1) is 0 Å². The molecule has 1 saturated heterocycles. The van der Waals surface area contributed by atoms with Gasteiger partial charge in [-0.25, -0.2) is 0 Å². The SMILES string of the molecule is CC1CN(c2cccc(C#N)c2)CC(C(=O)O)CN1. The molecule has 1 aliphatic rings. The van der Waals surface area contributed by atoms with Gasteiger partial charge in [0.1, 0.15) is 0 Å². The molecule has 19 heavy (non-hydrogen) atoms. The van der Waals surface area contributed by atoms with Gasteiger partial charge in [-0.05, 0) is 25.1 Å². The molecule has 1 heterocycles. The highest BCUT2D eigenvalue weighted by Crippen LogP contribution is 2.19. The highest BCUT2D eigenvalue weighted by Gasteiger charge is 2.26. The molecule has 0 aliphatic carbocycles. The van der Waals surface area contributed by atoms with Crippen molar-refractivity contribution in [3.05, 3.63) is 29.8 Å². The Morgan fingerprint density at radius 1 is 1.53 bits per heavy atom. The van der Waals surface area contributed by atoms with Crippen LogP contribution in [-0.2, 0) is 4.79 Å². The number of aliphatic carboxylic acids is 1. The van der Waals surface area contributed by atoms with E-state index in [9.17, 15) is 9.90 Å². The smallest absolute Gasteiger partial charge is 0.309 e. The van der Waals surface area contributed by atoms with E-state index in [1.165, 1.54) is 0 Å². The van der Waals surface area contributed by atoms with Crippen LogP contribution in [0.5, 0.6) is 0 Å². The van der Waals surface area contributed by atoms with Crippen molar-refractivity contribution in [1.82, 2.24) is 5.32 Å². The van der Waals surface area contributed by atoms with Gasteiger partial charge in [0, 0.05) is 31.4 Å². The Morgan fingerprint density at radius 2 is 2.32 bits per heavy atom. The van der Waals surface area contributed by atoms with E-state index in [1.54, 1.807) is 12.1 Å². The van der Waals surface area contributed by atoms with Gasteiger partial charge in [-0.3, -0.25) is 4.79 Å². The Morgan fingerprint density at radius 3 is 3.00 bits per heavy atom. The predicted molar refractivity (Wildman–Crippen MR) is 72.0 cm³/mol. The Bertz CT molecular complexity index is 510. The van der Waals surface area contributed by atoms with Crippen LogP contribution in [0, 0.1) is 17.2 Å². The van der Waals surface area contributed by atoms with E-state index >= 15 is 0 Å². The molecule has 2 unspecified atom stereocenters. The minimum Gasteiger partial charge on any atom is -0.481 e. The molecule has 2 rings (SSSR count). The van der Waals surface area contributed by atoms with Crippen LogP contribution in [0.2, 0.25) is 0 Å². The summed E-state index contributed by atoms with van der Waals surface area (Å²) >= 11 is 0. The minimum atomic E-state index is -0.789. The summed E-state index contributed by atoms with van der Waals surface area (Å²) in [6, 6.07) is 9.62. The third-order valence-electron chi connectivity index (χ3n) is 3.34. The Labute approximate surface area is 112 Å². The minimum absolute atomic E-state index is 0.218. The van der Waals surface area contributed by atoms with E-state index in [0.717, 1.165) is 12.2 Å². The molecule has 1 fully saturated rings. The molecule has 0 bridgehead atoms. The highest BCUT2D eigenvalue weighted by molar-refractivity contribution is 5.71. The van der Waals surface area contributed by atoms with E-state index < -0.39 is 11.9 Å². The molecule has 5 nitrogen and oxygen atoms in total. The predicted octanol–water partition coefficient (Wildman–Crippen LogP) is 1.06. The second-order valence-corrected chi connectivity index (χ2v) is 4.91. The largest absolute Gasteiger partial charge is 0.481 e. The van der Waals surface area contributed by atoms with Crippen molar-refractivity contribution in [2.24, 2.45) is 5.92 Å². The number of nitrogens with zero attached hydrogens (tertiary/aromatic N) is 2. The summed E-state index contributed by atoms with van der Waals surface area (Å²) in [4.78, 5) is 13.2. The van der Waals surface area contributed by atoms with Gasteiger partial charge in [0.05, 0.1) is 17.6 Å². The van der Waals surface area contributed by atoms with Crippen molar-refractivity contribution in [2.45, 2.75) is 13.0 Å². The maximum Gasteiger partial charge on any atom is 0.309 e. The number of rotatable bonds is 2. The van der Waals surface area contributed by atoms with E-state index in [-0.39, 0.29) is 6.04 Å². The van der Waals surface area contributed by atoms with Crippen molar-refractivity contribution in [1.29, 1.82) is 5.26 Å². The fourth-order valence-corrected chi connectivity index (χ4v) is 2.29. The molecular weight excluding hydrogens is 242 g/mol. The number of hydrogen-bond donors (Lipinski definition) is 2. The Balaban J connectivity index is 2.25. The van der Waals surface area contributed by atoms with Gasteiger partial charge in [0.25, 0.3) is 0 Å². The topological polar surface area (TPSA) is 76.4 Å². The highest BCUT2D eigenvalue weighted by atomic mass is 16.4. The van der Waals surface area contributed by atoms with Crippen LogP contribution in [0.4, 0.5) is 5.69 Å². The lowest BCUT2D eigenvalue weighted by atomic mass is 10.1. The molecule has 2 N–H and O–H groups in total. The zero-order valence-electron chi connectivity index (χ0n) is 10.8. The summed E-state index contributed by atoms with van der Waals surface area (Å²) in [5, 5.41) is 21.3. The summed E-state index contributed by atoms with van der Waals surface area (Å²) in [7, 11) is 0. The van der Waals surface area contributed by atoms with Gasteiger partial charge in [0.15, 0.2) is 0 Å². The number of carboxylic acid groups (broad SMARTS) is 1. The molecule has 0 radical (unpaired) electrons. The first-order valence-corrected chi connectivity index (χ1v) is 6.31. The van der Waals surface area contributed by atoms with Gasteiger partial charge in [0.2, 0.25) is 0 Å². The zero-order valence-corrected chi connectivity index (χ0v) is 10.8. The van der Waals surface area contributed by atoms with Crippen LogP contribution in [0.3, 0.4) is 0 Å². The van der Waals surface area contributed by atoms with Gasteiger partial charge >= 0.3 is 5.97 Å². The number of benzene rings is 1. The lowest BCUT2D eigenvalue weighted by Crippen LogP contribution is -2.35. The second kappa shape index (κ2) is 5.72. The lowest BCUT2D eigenvalue weighted by Gasteiger charge is -2.26. The molecule has 100 valence electrons. The monoisotopic (exact) mass is 259 g/mol. The van der Waals surface area contributed by atoms with Gasteiger partial charge < -0.3 is 15.3 Å². The Kier molecular flexibility index (Phi) is 4.03. The number of nitriles is 1. The van der Waals surface area contributed by atoms with Crippen LogP contribution < -0.4 is 10.2 Å². The molecular formula is C14H17N3O2. The number of carbonyl (C=O) groups is 1. The van der Waals surface area contributed by atoms with Crippen LogP contribution >= 0.6 is 0 Å². The summed E-state index contributed by atoms with van der Waals surface area (Å²) in [6.07, 6.45) is 0. The summed E-state index contributed by atoms with van der Waals surface area (Å²) in [5.74, 6) is -1.22. The second-order valence-electron chi connectivity index (χ2n) is 4.91. The number of carboxylic acids is 1. The summed E-state index contributed by atoms with van der Waals surface area (Å²) in [6.45, 7) is 3.70. The standard InChI is InChI=1S/C14H17N3O2/c1-10-8-17(9-12(7-16-10)14(18)19)13-4-2-3-11(5-13)6-15/h2-5,10,12,16H,7-9H2,1H3,(H,18,19).